The average molecular weight is 488 g/mol. The highest BCUT2D eigenvalue weighted by atomic mass is 19.4. The second-order valence-electron chi connectivity index (χ2n) is 8.92. The number of aryl methyl sites for hydroxylation is 1. The molecular weight excluding hydrogens is 465 g/mol. The topological polar surface area (TPSA) is 106 Å². The molecule has 5 atom stereocenters. The zero-order valence-corrected chi connectivity index (χ0v) is 18.9. The van der Waals surface area contributed by atoms with Crippen molar-refractivity contribution >= 4 is 5.91 Å². The molecule has 1 N–H and O–H groups in total. The van der Waals surface area contributed by atoms with Gasteiger partial charge in [0.1, 0.15) is 11.8 Å². The lowest BCUT2D eigenvalue weighted by Crippen LogP contribution is -2.55. The quantitative estimate of drug-likeness (QED) is 0.589. The molecule has 1 saturated carbocycles. The Balaban J connectivity index is 1.44. The van der Waals surface area contributed by atoms with Crippen LogP contribution in [0.4, 0.5) is 13.2 Å². The molecule has 3 aromatic heterocycles. The summed E-state index contributed by atoms with van der Waals surface area (Å²) in [5.41, 5.74) is 0.309. The lowest BCUT2D eigenvalue weighted by Gasteiger charge is -2.40. The zero-order chi connectivity index (χ0) is 24.9. The van der Waals surface area contributed by atoms with Crippen molar-refractivity contribution in [1.82, 2.24) is 29.9 Å². The van der Waals surface area contributed by atoms with Crippen LogP contribution in [0.15, 0.2) is 42.9 Å². The number of fused-ring (bicyclic) bond motifs is 2. The van der Waals surface area contributed by atoms with Crippen molar-refractivity contribution in [1.29, 1.82) is 0 Å². The van der Waals surface area contributed by atoms with Crippen LogP contribution < -0.4 is 4.74 Å². The number of piperidine rings is 1. The summed E-state index contributed by atoms with van der Waals surface area (Å²) < 4.78 is 44.5. The lowest BCUT2D eigenvalue weighted by atomic mass is 9.93. The first-order valence-electron chi connectivity index (χ1n) is 11.2. The molecule has 35 heavy (non-hydrogen) atoms. The first kappa shape index (κ1) is 23.2. The van der Waals surface area contributed by atoms with Crippen molar-refractivity contribution in [3.05, 3.63) is 59.8 Å². The van der Waals surface area contributed by atoms with Gasteiger partial charge in [0, 0.05) is 18.0 Å². The van der Waals surface area contributed by atoms with Gasteiger partial charge in [-0.25, -0.2) is 9.97 Å². The van der Waals surface area contributed by atoms with Crippen molar-refractivity contribution in [2.75, 3.05) is 0 Å². The number of ether oxygens (including phenoxy) is 1. The van der Waals surface area contributed by atoms with Gasteiger partial charge in [0.25, 0.3) is 5.91 Å². The first-order chi connectivity index (χ1) is 16.6. The number of nitrogens with zero attached hydrogens (tertiary/aromatic N) is 6. The number of hydrogen-bond acceptors (Lipinski definition) is 7. The van der Waals surface area contributed by atoms with E-state index in [4.69, 9.17) is 4.74 Å². The molecule has 2 aliphatic rings. The molecule has 1 amide bonds. The summed E-state index contributed by atoms with van der Waals surface area (Å²) in [7, 11) is 0. The molecule has 2 bridgehead atoms. The van der Waals surface area contributed by atoms with E-state index in [2.05, 4.69) is 20.2 Å². The Bertz CT molecular complexity index is 1220. The van der Waals surface area contributed by atoms with Gasteiger partial charge in [-0.3, -0.25) is 4.79 Å². The Hall–Kier alpha value is -3.54. The zero-order valence-electron chi connectivity index (χ0n) is 18.9. The number of aliphatic hydroxyl groups is 1. The van der Waals surface area contributed by atoms with Crippen molar-refractivity contribution in [2.24, 2.45) is 5.92 Å². The van der Waals surface area contributed by atoms with Gasteiger partial charge in [0.15, 0.2) is 5.69 Å². The maximum Gasteiger partial charge on any atom is 0.417 e. The number of carbonyl (C=O) groups is 1. The van der Waals surface area contributed by atoms with Gasteiger partial charge in [-0.1, -0.05) is 0 Å². The molecule has 3 aromatic rings. The number of halogens is 3. The minimum atomic E-state index is -4.49. The Morgan fingerprint density at radius 3 is 2.54 bits per heavy atom. The monoisotopic (exact) mass is 488 g/mol. The number of amides is 1. The van der Waals surface area contributed by atoms with Gasteiger partial charge >= 0.3 is 6.18 Å². The number of alkyl halides is 3. The van der Waals surface area contributed by atoms with Gasteiger partial charge < -0.3 is 14.7 Å². The smallest absolute Gasteiger partial charge is 0.417 e. The van der Waals surface area contributed by atoms with E-state index in [-0.39, 0.29) is 17.5 Å². The number of aliphatic hydroxyl groups excluding tert-OH is 1. The van der Waals surface area contributed by atoms with Crippen LogP contribution in [0.5, 0.6) is 5.88 Å². The fraction of sp³-hybridized carbons (Fsp3) is 0.435. The van der Waals surface area contributed by atoms with Gasteiger partial charge in [0.2, 0.25) is 5.88 Å². The Morgan fingerprint density at radius 2 is 1.91 bits per heavy atom. The Kier molecular flexibility index (Phi) is 5.70. The van der Waals surface area contributed by atoms with Gasteiger partial charge in [-0.05, 0) is 50.8 Å². The third-order valence-corrected chi connectivity index (χ3v) is 6.58. The van der Waals surface area contributed by atoms with Crippen LogP contribution in [-0.2, 0) is 6.18 Å². The van der Waals surface area contributed by atoms with E-state index in [1.807, 2.05) is 0 Å². The summed E-state index contributed by atoms with van der Waals surface area (Å²) >= 11 is 0. The molecule has 12 heteroatoms. The third kappa shape index (κ3) is 4.22. The molecule has 5 rings (SSSR count). The van der Waals surface area contributed by atoms with Gasteiger partial charge in [0.05, 0.1) is 36.1 Å². The highest BCUT2D eigenvalue weighted by Gasteiger charge is 2.56. The average Bonchev–Trinajstić information content (AvgIpc) is 3.55. The van der Waals surface area contributed by atoms with E-state index >= 15 is 0 Å². The highest BCUT2D eigenvalue weighted by Crippen LogP contribution is 2.46. The van der Waals surface area contributed by atoms with E-state index < -0.39 is 41.9 Å². The van der Waals surface area contributed by atoms with Crippen LogP contribution in [0.25, 0.3) is 5.69 Å². The summed E-state index contributed by atoms with van der Waals surface area (Å²) in [5, 5.41) is 18.8. The number of rotatable bonds is 5. The van der Waals surface area contributed by atoms with Crippen LogP contribution in [0.3, 0.4) is 0 Å². The van der Waals surface area contributed by atoms with E-state index in [9.17, 15) is 23.1 Å². The van der Waals surface area contributed by atoms with Crippen LogP contribution >= 0.6 is 0 Å². The van der Waals surface area contributed by atoms with Crippen molar-refractivity contribution in [3.63, 3.8) is 0 Å². The molecule has 2 fully saturated rings. The van der Waals surface area contributed by atoms with Crippen LogP contribution in [0.1, 0.15) is 41.5 Å². The minimum Gasteiger partial charge on any atom is -0.472 e. The molecule has 1 aliphatic carbocycles. The number of pyridine rings is 2. The fourth-order valence-electron chi connectivity index (χ4n) is 5.18. The SMILES string of the molecule is Cc1ccc(-n2nccn2)c(C(=O)N2C3CC(CC3Oc3ccc(C(F)(F)F)cn3)C2C(C)O)n1. The normalized spacial score (nSPS) is 24.6. The second kappa shape index (κ2) is 8.59. The molecule has 184 valence electrons. The fourth-order valence-corrected chi connectivity index (χ4v) is 5.18. The number of hydrogen-bond donors (Lipinski definition) is 1. The standard InChI is InChI=1S/C23H23F3N6O3/c1-12-3-5-16(32-28-7-8-29-32)20(30-12)22(34)31-17-9-14(21(31)13(2)33)10-18(17)35-19-6-4-15(11-27-19)23(24,25)26/h3-8,11,13-14,17-18,21,33H,9-10H2,1-2H3. The van der Waals surface area contributed by atoms with Gasteiger partial charge in [-0.2, -0.15) is 23.4 Å². The largest absolute Gasteiger partial charge is 0.472 e. The summed E-state index contributed by atoms with van der Waals surface area (Å²) in [5.74, 6) is -0.390. The summed E-state index contributed by atoms with van der Waals surface area (Å²) in [6.45, 7) is 3.40. The number of carbonyl (C=O) groups excluding carboxylic acids is 1. The molecule has 1 saturated heterocycles. The molecule has 1 aliphatic heterocycles. The maximum absolute atomic E-state index is 13.9. The van der Waals surface area contributed by atoms with E-state index in [1.54, 1.807) is 30.9 Å². The first-order valence-corrected chi connectivity index (χ1v) is 11.2. The minimum absolute atomic E-state index is 0.0421. The van der Waals surface area contributed by atoms with Gasteiger partial charge in [-0.15, -0.1) is 4.80 Å². The second-order valence-corrected chi connectivity index (χ2v) is 8.92. The maximum atomic E-state index is 13.9. The Labute approximate surface area is 198 Å². The van der Waals surface area contributed by atoms with E-state index in [1.165, 1.54) is 23.3 Å². The number of likely N-dealkylation sites (tertiary alicyclic amines) is 1. The van der Waals surface area contributed by atoms with Crippen LogP contribution in [0, 0.1) is 12.8 Å². The Morgan fingerprint density at radius 1 is 1.17 bits per heavy atom. The lowest BCUT2D eigenvalue weighted by molar-refractivity contribution is -0.137. The van der Waals surface area contributed by atoms with E-state index in [0.29, 0.717) is 24.2 Å². The van der Waals surface area contributed by atoms with Crippen LogP contribution in [0.2, 0.25) is 0 Å². The predicted octanol–water partition coefficient (Wildman–Crippen LogP) is 2.82. The summed E-state index contributed by atoms with van der Waals surface area (Å²) in [6.07, 6.45) is -0.932. The number of aromatic nitrogens is 5. The third-order valence-electron chi connectivity index (χ3n) is 6.58. The van der Waals surface area contributed by atoms with Crippen molar-refractivity contribution < 1.29 is 27.8 Å². The van der Waals surface area contributed by atoms with Crippen molar-refractivity contribution in [2.45, 2.75) is 57.2 Å². The molecule has 0 spiro atoms. The van der Waals surface area contributed by atoms with Crippen LogP contribution in [-0.4, -0.2) is 65.2 Å². The molecular formula is C23H23F3N6O3. The van der Waals surface area contributed by atoms with E-state index in [0.717, 1.165) is 12.3 Å². The summed E-state index contributed by atoms with van der Waals surface area (Å²) in [6, 6.07) is 4.69. The highest BCUT2D eigenvalue weighted by molar-refractivity contribution is 5.96. The molecule has 0 radical (unpaired) electrons. The summed E-state index contributed by atoms with van der Waals surface area (Å²) in [4.78, 5) is 25.0. The molecule has 9 nitrogen and oxygen atoms in total. The molecule has 5 unspecified atom stereocenters. The molecule has 0 aromatic carbocycles. The predicted molar refractivity (Wildman–Crippen MR) is 116 cm³/mol. The molecule has 4 heterocycles. The van der Waals surface area contributed by atoms with Crippen molar-refractivity contribution in [3.8, 4) is 11.6 Å².